The van der Waals surface area contributed by atoms with Crippen LogP contribution in [0, 0.1) is 5.92 Å². The number of carbonyl (C=O) groups excluding carboxylic acids is 2. The molecule has 0 saturated carbocycles. The number of piperazine rings is 1. The van der Waals surface area contributed by atoms with Gasteiger partial charge in [0.1, 0.15) is 0 Å². The van der Waals surface area contributed by atoms with Crippen LogP contribution in [0.5, 0.6) is 0 Å². The molecule has 3 aliphatic heterocycles. The molecule has 0 unspecified atom stereocenters. The van der Waals surface area contributed by atoms with Crippen LogP contribution in [0.15, 0.2) is 47.4 Å². The van der Waals surface area contributed by atoms with Gasteiger partial charge in [0.15, 0.2) is 0 Å². The normalized spacial score (nSPS) is 19.4. The first-order valence-electron chi connectivity index (χ1n) is 18.6. The first-order valence-corrected chi connectivity index (χ1v) is 18.6. The number of fused-ring (bicyclic) bond motifs is 3. The van der Waals surface area contributed by atoms with Crippen molar-refractivity contribution in [3.63, 3.8) is 0 Å². The van der Waals surface area contributed by atoms with E-state index >= 15 is 0 Å². The fraction of sp³-hybridized carbons (Fsp3) is 0.526. The lowest BCUT2D eigenvalue weighted by Crippen LogP contribution is -2.53. The molecule has 5 heterocycles. The second-order valence-electron chi connectivity index (χ2n) is 15.0. The van der Waals surface area contributed by atoms with E-state index < -0.39 is 59.7 Å². The monoisotopic (exact) mass is 774 g/mol. The number of carbonyl (C=O) groups is 2. The highest BCUT2D eigenvalue weighted by atomic mass is 19.4. The number of benzene rings is 2. The van der Waals surface area contributed by atoms with E-state index in [4.69, 9.17) is 5.73 Å². The van der Waals surface area contributed by atoms with Gasteiger partial charge in [0.2, 0.25) is 11.8 Å². The zero-order valence-electron chi connectivity index (χ0n) is 30.4. The fourth-order valence-electron chi connectivity index (χ4n) is 8.53. The summed E-state index contributed by atoms with van der Waals surface area (Å²) in [5.74, 6) is -2.14. The van der Waals surface area contributed by atoms with E-state index in [0.717, 1.165) is 37.1 Å². The summed E-state index contributed by atoms with van der Waals surface area (Å²) >= 11 is 0. The fourth-order valence-corrected chi connectivity index (χ4v) is 8.53. The van der Waals surface area contributed by atoms with E-state index in [1.807, 2.05) is 24.3 Å². The third-order valence-electron chi connectivity index (χ3n) is 11.6. The van der Waals surface area contributed by atoms with Gasteiger partial charge in [0, 0.05) is 76.2 Å². The van der Waals surface area contributed by atoms with Crippen molar-refractivity contribution in [3.8, 4) is 0 Å². The predicted molar refractivity (Wildman–Crippen MR) is 194 cm³/mol. The van der Waals surface area contributed by atoms with E-state index in [2.05, 4.69) is 26.8 Å². The standard InChI is InChI=1S/C38H44F6N8O3/c1-48-14-16-49(17-15-48)25-6-12-51(13-7-25)35(54)24(18-23-19-28(37(39,40)41)33(45)29(20-23)38(42,43)44)21-32(53)50-10-8-26(9-11-50)52-31-22-46-30-5-3-2-4-27(30)34(31)47-36(52)55/h2-5,19-20,22,24-26H,6-18,21,45H2,1H3,(H,47,55)/t24-/m0/s1. The van der Waals surface area contributed by atoms with Crippen LogP contribution in [0.1, 0.15) is 54.8 Å². The number of para-hydroxylation sites is 1. The van der Waals surface area contributed by atoms with Gasteiger partial charge in [-0.1, -0.05) is 18.2 Å². The number of anilines is 1. The molecule has 0 bridgehead atoms. The Kier molecular flexibility index (Phi) is 10.6. The van der Waals surface area contributed by atoms with Crippen LogP contribution >= 0.6 is 0 Å². The smallest absolute Gasteiger partial charge is 0.398 e. The summed E-state index contributed by atoms with van der Waals surface area (Å²) in [5.41, 5.74) is 2.02. The summed E-state index contributed by atoms with van der Waals surface area (Å²) in [7, 11) is 2.06. The molecule has 296 valence electrons. The number of likely N-dealkylation sites (tertiary alicyclic amines) is 2. The Morgan fingerprint density at radius 3 is 2.05 bits per heavy atom. The van der Waals surface area contributed by atoms with Crippen LogP contribution in [0.4, 0.5) is 32.0 Å². The number of hydrogen-bond donors (Lipinski definition) is 2. The number of pyridine rings is 1. The summed E-state index contributed by atoms with van der Waals surface area (Å²) < 4.78 is 85.3. The van der Waals surface area contributed by atoms with Gasteiger partial charge in [-0.2, -0.15) is 26.3 Å². The number of halogens is 6. The van der Waals surface area contributed by atoms with Crippen molar-refractivity contribution in [1.82, 2.24) is 34.1 Å². The van der Waals surface area contributed by atoms with Crippen molar-refractivity contribution in [2.45, 2.75) is 63.0 Å². The van der Waals surface area contributed by atoms with Crippen molar-refractivity contribution >= 4 is 39.4 Å². The maximum atomic E-state index is 14.2. The van der Waals surface area contributed by atoms with Crippen molar-refractivity contribution in [2.75, 3.05) is 65.1 Å². The molecule has 2 aromatic heterocycles. The lowest BCUT2D eigenvalue weighted by Gasteiger charge is -2.42. The van der Waals surface area contributed by atoms with Crippen molar-refractivity contribution in [3.05, 3.63) is 69.8 Å². The predicted octanol–water partition coefficient (Wildman–Crippen LogP) is 5.15. The van der Waals surface area contributed by atoms with Crippen LogP contribution in [0.25, 0.3) is 21.9 Å². The average Bonchev–Trinajstić information content (AvgIpc) is 3.50. The highest BCUT2D eigenvalue weighted by Crippen LogP contribution is 2.42. The number of H-pyrrole nitrogens is 1. The average molecular weight is 775 g/mol. The Morgan fingerprint density at radius 2 is 1.44 bits per heavy atom. The molecule has 0 aliphatic carbocycles. The van der Waals surface area contributed by atoms with Gasteiger partial charge in [-0.3, -0.25) is 24.0 Å². The van der Waals surface area contributed by atoms with E-state index in [1.54, 1.807) is 20.6 Å². The molecule has 3 aliphatic rings. The first-order chi connectivity index (χ1) is 26.1. The molecule has 7 rings (SSSR count). The van der Waals surface area contributed by atoms with Gasteiger partial charge in [0.05, 0.1) is 45.5 Å². The molecule has 3 fully saturated rings. The zero-order valence-corrected chi connectivity index (χ0v) is 30.4. The van der Waals surface area contributed by atoms with Gasteiger partial charge in [0.25, 0.3) is 0 Å². The first kappa shape index (κ1) is 38.6. The van der Waals surface area contributed by atoms with Gasteiger partial charge in [-0.25, -0.2) is 4.79 Å². The van der Waals surface area contributed by atoms with Crippen molar-refractivity contribution < 1.29 is 35.9 Å². The number of imidazole rings is 1. The third kappa shape index (κ3) is 8.04. The number of piperidine rings is 2. The van der Waals surface area contributed by atoms with E-state index in [9.17, 15) is 40.7 Å². The Labute approximate surface area is 313 Å². The van der Waals surface area contributed by atoms with Crippen LogP contribution in [0.3, 0.4) is 0 Å². The van der Waals surface area contributed by atoms with Gasteiger partial charge in [-0.05, 0) is 62.9 Å². The summed E-state index contributed by atoms with van der Waals surface area (Å²) in [5, 5.41) is 0.800. The number of aromatic nitrogens is 3. The number of alkyl halides is 6. The number of rotatable bonds is 7. The zero-order chi connectivity index (χ0) is 39.2. The Morgan fingerprint density at radius 1 is 0.855 bits per heavy atom. The maximum absolute atomic E-state index is 14.2. The number of nitrogens with one attached hydrogen (secondary N) is 1. The van der Waals surface area contributed by atoms with Crippen LogP contribution in [-0.2, 0) is 28.4 Å². The third-order valence-corrected chi connectivity index (χ3v) is 11.6. The minimum Gasteiger partial charge on any atom is -0.398 e. The van der Waals surface area contributed by atoms with Gasteiger partial charge >= 0.3 is 18.0 Å². The largest absolute Gasteiger partial charge is 0.418 e. The van der Waals surface area contributed by atoms with Gasteiger partial charge < -0.3 is 25.4 Å². The van der Waals surface area contributed by atoms with Crippen LogP contribution in [0.2, 0.25) is 0 Å². The minimum atomic E-state index is -5.18. The number of nitrogens with two attached hydrogens (primary N) is 1. The molecule has 2 amide bonds. The maximum Gasteiger partial charge on any atom is 0.418 e. The van der Waals surface area contributed by atoms with Crippen LogP contribution in [-0.4, -0.2) is 111 Å². The van der Waals surface area contributed by atoms with Gasteiger partial charge in [-0.15, -0.1) is 0 Å². The number of nitrogen functional groups attached to an aromatic ring is 1. The quantitative estimate of drug-likeness (QED) is 0.197. The summed E-state index contributed by atoms with van der Waals surface area (Å²) in [6.07, 6.45) is -7.49. The topological polar surface area (TPSA) is 124 Å². The number of nitrogens with zero attached hydrogens (tertiary/aromatic N) is 6. The molecule has 1 atom stereocenters. The molecule has 2 aromatic carbocycles. The molecule has 55 heavy (non-hydrogen) atoms. The second kappa shape index (κ2) is 15.1. The van der Waals surface area contributed by atoms with Crippen molar-refractivity contribution in [2.24, 2.45) is 5.92 Å². The minimum absolute atomic E-state index is 0.235. The SMILES string of the molecule is CN1CCN(C2CCN(C(=O)[C@H](CC(=O)N3CCC(n4c(=O)[nH]c5c6ccccc6ncc54)CC3)Cc3cc(C(F)(F)F)c(N)c(C(F)(F)F)c3)CC2)CC1. The van der Waals surface area contributed by atoms with Crippen molar-refractivity contribution in [1.29, 1.82) is 0 Å². The number of aromatic amines is 1. The highest BCUT2D eigenvalue weighted by Gasteiger charge is 2.42. The Balaban J connectivity index is 1.09. The van der Waals surface area contributed by atoms with E-state index in [-0.39, 0.29) is 36.4 Å². The summed E-state index contributed by atoms with van der Waals surface area (Å²) in [4.78, 5) is 56.4. The number of amides is 2. The number of likely N-dealkylation sites (N-methyl/N-ethyl adjacent to an activating group) is 1. The molecule has 0 radical (unpaired) electrons. The number of hydrogen-bond acceptors (Lipinski definition) is 7. The molecule has 4 aromatic rings. The van der Waals surface area contributed by atoms with E-state index in [1.165, 1.54) is 0 Å². The molecule has 0 spiro atoms. The summed E-state index contributed by atoms with van der Waals surface area (Å²) in [6, 6.07) is 8.53. The molecule has 3 saturated heterocycles. The summed E-state index contributed by atoms with van der Waals surface area (Å²) in [6.45, 7) is 4.83. The molecule has 11 nitrogen and oxygen atoms in total. The highest BCUT2D eigenvalue weighted by molar-refractivity contribution is 6.01. The van der Waals surface area contributed by atoms with Crippen LogP contribution < -0.4 is 11.4 Å². The van der Waals surface area contributed by atoms with E-state index in [0.29, 0.717) is 61.9 Å². The lowest BCUT2D eigenvalue weighted by atomic mass is 9.90. The Hall–Kier alpha value is -4.64. The lowest BCUT2D eigenvalue weighted by molar-refractivity contribution is -0.143. The molecular formula is C38H44F6N8O3. The molecular weight excluding hydrogens is 730 g/mol. The molecule has 3 N–H and O–H groups in total. The molecule has 17 heteroatoms. The second-order valence-corrected chi connectivity index (χ2v) is 15.0. The Bertz CT molecular complexity index is 2070.